The van der Waals surface area contributed by atoms with Crippen LogP contribution in [0, 0.1) is 6.92 Å². The summed E-state index contributed by atoms with van der Waals surface area (Å²) in [6, 6.07) is 39.8. The summed E-state index contributed by atoms with van der Waals surface area (Å²) < 4.78 is 0. The first-order valence-corrected chi connectivity index (χ1v) is 14.5. The number of rotatable bonds is 7. The van der Waals surface area contributed by atoms with E-state index >= 15 is 0 Å². The molecular weight excluding hydrogens is 514 g/mol. The Morgan fingerprint density at radius 3 is 1.88 bits per heavy atom. The number of nitrogens with zero attached hydrogens (tertiary/aromatic N) is 3. The molecule has 0 unspecified atom stereocenters. The molecule has 4 nitrogen and oxygen atoms in total. The first kappa shape index (κ1) is 27.5. The molecule has 0 spiro atoms. The molecule has 6 aromatic rings. The largest absolute Gasteiger partial charge is 0.505 e. The lowest BCUT2D eigenvalue weighted by Crippen LogP contribution is -2.24. The molecule has 0 radical (unpaired) electrons. The van der Waals surface area contributed by atoms with Crippen LogP contribution in [0.2, 0.25) is 0 Å². The molecule has 0 aliphatic rings. The number of benzene rings is 5. The minimum Gasteiger partial charge on any atom is -0.505 e. The Morgan fingerprint density at radius 2 is 1.21 bits per heavy atom. The van der Waals surface area contributed by atoms with E-state index in [0.717, 1.165) is 34.1 Å². The molecular formula is C38H37N3O. The summed E-state index contributed by atoms with van der Waals surface area (Å²) in [6.07, 6.45) is 0.830. The van der Waals surface area contributed by atoms with Gasteiger partial charge in [0, 0.05) is 16.4 Å². The SMILES string of the molecule is Cc1ccccc1Cc1ccc2nn(-c3cc(C(C)(C)c4ccccc4)cc(C(C)(C)c4ccccc4)c3O)nc2c1. The first-order valence-electron chi connectivity index (χ1n) is 14.5. The Bertz CT molecular complexity index is 1870. The fourth-order valence-corrected chi connectivity index (χ4v) is 5.85. The predicted octanol–water partition coefficient (Wildman–Crippen LogP) is 8.68. The van der Waals surface area contributed by atoms with Crippen molar-refractivity contribution in [1.82, 2.24) is 15.0 Å². The zero-order valence-electron chi connectivity index (χ0n) is 25.0. The smallest absolute Gasteiger partial charge is 0.147 e. The van der Waals surface area contributed by atoms with E-state index in [1.165, 1.54) is 22.3 Å². The van der Waals surface area contributed by atoms with Gasteiger partial charge in [-0.05, 0) is 64.9 Å². The maximum absolute atomic E-state index is 11.9. The van der Waals surface area contributed by atoms with Crippen molar-refractivity contribution in [2.24, 2.45) is 0 Å². The molecule has 1 heterocycles. The molecule has 0 saturated carbocycles. The third kappa shape index (κ3) is 4.98. The van der Waals surface area contributed by atoms with Crippen molar-refractivity contribution in [1.29, 1.82) is 0 Å². The number of fused-ring (bicyclic) bond motifs is 1. The molecule has 0 amide bonds. The maximum atomic E-state index is 11.9. The van der Waals surface area contributed by atoms with Crippen LogP contribution in [0.1, 0.15) is 66.6 Å². The number of aryl methyl sites for hydroxylation is 1. The van der Waals surface area contributed by atoms with Gasteiger partial charge in [0.15, 0.2) is 0 Å². The summed E-state index contributed by atoms with van der Waals surface area (Å²) in [7, 11) is 0. The average molecular weight is 552 g/mol. The molecule has 0 fully saturated rings. The molecule has 4 heteroatoms. The van der Waals surface area contributed by atoms with Crippen LogP contribution in [0.25, 0.3) is 16.7 Å². The molecule has 0 aliphatic heterocycles. The van der Waals surface area contributed by atoms with Gasteiger partial charge in [0.25, 0.3) is 0 Å². The zero-order chi connectivity index (χ0) is 29.5. The summed E-state index contributed by atoms with van der Waals surface area (Å²) >= 11 is 0. The number of aromatic hydroxyl groups is 1. The number of hydrogen-bond donors (Lipinski definition) is 1. The van der Waals surface area contributed by atoms with Gasteiger partial charge in [-0.15, -0.1) is 15.0 Å². The second-order valence-corrected chi connectivity index (χ2v) is 12.3. The quantitative estimate of drug-likeness (QED) is 0.216. The number of hydrogen-bond acceptors (Lipinski definition) is 3. The summed E-state index contributed by atoms with van der Waals surface area (Å²) in [4.78, 5) is 1.60. The summed E-state index contributed by atoms with van der Waals surface area (Å²) in [5.74, 6) is 0.192. The van der Waals surface area contributed by atoms with Crippen molar-refractivity contribution in [3.05, 3.63) is 154 Å². The Labute approximate surface area is 248 Å². The third-order valence-corrected chi connectivity index (χ3v) is 8.79. The van der Waals surface area contributed by atoms with Gasteiger partial charge in [0.1, 0.15) is 22.5 Å². The topological polar surface area (TPSA) is 50.9 Å². The van der Waals surface area contributed by atoms with Crippen molar-refractivity contribution in [3.8, 4) is 11.4 Å². The lowest BCUT2D eigenvalue weighted by atomic mass is 9.72. The highest BCUT2D eigenvalue weighted by atomic mass is 16.3. The van der Waals surface area contributed by atoms with E-state index in [1.54, 1.807) is 4.80 Å². The highest BCUT2D eigenvalue weighted by Gasteiger charge is 2.32. The molecule has 0 bridgehead atoms. The zero-order valence-corrected chi connectivity index (χ0v) is 25.0. The second kappa shape index (κ2) is 10.6. The fraction of sp³-hybridized carbons (Fsp3) is 0.211. The molecule has 1 aromatic heterocycles. The molecule has 210 valence electrons. The lowest BCUT2D eigenvalue weighted by Gasteiger charge is -2.32. The van der Waals surface area contributed by atoms with Crippen LogP contribution in [0.3, 0.4) is 0 Å². The average Bonchev–Trinajstić information content (AvgIpc) is 3.42. The van der Waals surface area contributed by atoms with E-state index in [1.807, 2.05) is 36.4 Å². The molecule has 0 aliphatic carbocycles. The van der Waals surface area contributed by atoms with E-state index < -0.39 is 5.41 Å². The summed E-state index contributed by atoms with van der Waals surface area (Å²) in [6.45, 7) is 10.9. The van der Waals surface area contributed by atoms with Crippen LogP contribution in [-0.4, -0.2) is 20.1 Å². The highest BCUT2D eigenvalue weighted by molar-refractivity contribution is 5.75. The Morgan fingerprint density at radius 1 is 0.619 bits per heavy atom. The van der Waals surface area contributed by atoms with Gasteiger partial charge in [-0.3, -0.25) is 0 Å². The lowest BCUT2D eigenvalue weighted by molar-refractivity contribution is 0.445. The van der Waals surface area contributed by atoms with Gasteiger partial charge in [-0.1, -0.05) is 125 Å². The minimum atomic E-state index is -0.462. The first-order chi connectivity index (χ1) is 20.1. The summed E-state index contributed by atoms with van der Waals surface area (Å²) in [5.41, 5.74) is 9.39. The van der Waals surface area contributed by atoms with Crippen molar-refractivity contribution < 1.29 is 5.11 Å². The molecule has 5 aromatic carbocycles. The fourth-order valence-electron chi connectivity index (χ4n) is 5.85. The minimum absolute atomic E-state index is 0.192. The van der Waals surface area contributed by atoms with Crippen LogP contribution >= 0.6 is 0 Å². The van der Waals surface area contributed by atoms with Crippen molar-refractivity contribution in [2.45, 2.75) is 51.9 Å². The van der Waals surface area contributed by atoms with E-state index in [0.29, 0.717) is 5.69 Å². The molecule has 0 saturated heterocycles. The van der Waals surface area contributed by atoms with Gasteiger partial charge in [-0.25, -0.2) is 0 Å². The molecule has 0 atom stereocenters. The summed E-state index contributed by atoms with van der Waals surface area (Å²) in [5, 5.41) is 21.7. The number of phenols is 1. The van der Waals surface area contributed by atoms with E-state index in [2.05, 4.69) is 113 Å². The van der Waals surface area contributed by atoms with Crippen LogP contribution in [0.4, 0.5) is 0 Å². The van der Waals surface area contributed by atoms with Crippen LogP contribution in [0.15, 0.2) is 115 Å². The Balaban J connectivity index is 1.50. The normalized spacial score (nSPS) is 12.1. The molecule has 42 heavy (non-hydrogen) atoms. The van der Waals surface area contributed by atoms with Gasteiger partial charge in [0.05, 0.1) is 0 Å². The van der Waals surface area contributed by atoms with Gasteiger partial charge in [0.2, 0.25) is 0 Å². The monoisotopic (exact) mass is 551 g/mol. The van der Waals surface area contributed by atoms with Gasteiger partial charge < -0.3 is 5.11 Å². The maximum Gasteiger partial charge on any atom is 0.147 e. The molecule has 6 rings (SSSR count). The van der Waals surface area contributed by atoms with E-state index in [4.69, 9.17) is 10.2 Å². The van der Waals surface area contributed by atoms with Crippen LogP contribution < -0.4 is 0 Å². The van der Waals surface area contributed by atoms with Crippen molar-refractivity contribution in [3.63, 3.8) is 0 Å². The number of aromatic nitrogens is 3. The third-order valence-electron chi connectivity index (χ3n) is 8.79. The van der Waals surface area contributed by atoms with E-state index in [-0.39, 0.29) is 11.2 Å². The highest BCUT2D eigenvalue weighted by Crippen LogP contribution is 2.44. The predicted molar refractivity (Wildman–Crippen MR) is 172 cm³/mol. The Hall–Kier alpha value is -4.70. The van der Waals surface area contributed by atoms with E-state index in [9.17, 15) is 5.11 Å². The standard InChI is InChI=1S/C38H37N3O/c1-26-14-12-13-15-28(26)22-27-20-21-33-34(23-27)40-41(39-33)35-25-31(37(2,3)29-16-8-6-9-17-29)24-32(36(35)42)38(4,5)30-18-10-7-11-19-30/h6-21,23-25,42H,22H2,1-5H3. The number of phenolic OH excluding ortho intramolecular Hbond substituents is 1. The molecule has 1 N–H and O–H groups in total. The van der Waals surface area contributed by atoms with Gasteiger partial charge >= 0.3 is 0 Å². The van der Waals surface area contributed by atoms with Crippen LogP contribution in [-0.2, 0) is 17.3 Å². The van der Waals surface area contributed by atoms with Crippen molar-refractivity contribution >= 4 is 11.0 Å². The Kier molecular flexibility index (Phi) is 6.94. The van der Waals surface area contributed by atoms with Crippen LogP contribution in [0.5, 0.6) is 5.75 Å². The van der Waals surface area contributed by atoms with Gasteiger partial charge in [-0.2, -0.15) is 0 Å². The second-order valence-electron chi connectivity index (χ2n) is 12.3. The van der Waals surface area contributed by atoms with Crippen molar-refractivity contribution in [2.75, 3.05) is 0 Å².